The van der Waals surface area contributed by atoms with Crippen molar-refractivity contribution in [3.8, 4) is 11.1 Å². The molecule has 1 fully saturated rings. The van der Waals surface area contributed by atoms with Crippen LogP contribution in [0.1, 0.15) is 28.7 Å². The van der Waals surface area contributed by atoms with E-state index in [0.717, 1.165) is 16.7 Å². The number of benzene rings is 2. The average Bonchev–Trinajstić information content (AvgIpc) is 3.28. The molecule has 3 aromatic rings. The van der Waals surface area contributed by atoms with Crippen LogP contribution in [0, 0.1) is 12.8 Å². The molecule has 2 aromatic carbocycles. The molecule has 0 radical (unpaired) electrons. The van der Waals surface area contributed by atoms with Crippen molar-refractivity contribution in [2.75, 3.05) is 26.2 Å². The molecule has 1 aliphatic rings. The van der Waals surface area contributed by atoms with Gasteiger partial charge in [0.1, 0.15) is 6.33 Å². The maximum absolute atomic E-state index is 13.3. The van der Waals surface area contributed by atoms with Crippen LogP contribution in [0.2, 0.25) is 0 Å². The molecule has 7 nitrogen and oxygen atoms in total. The van der Waals surface area contributed by atoms with Gasteiger partial charge in [0.25, 0.3) is 5.91 Å². The molecule has 0 saturated carbocycles. The zero-order valence-corrected chi connectivity index (χ0v) is 17.9. The van der Waals surface area contributed by atoms with Crippen LogP contribution in [0.15, 0.2) is 54.9 Å². The standard InChI is InChI=1S/C24H27N5O2/c1-3-28-12-13-29(24(31)22-25-16-26-27-22)15-20(23(28)30)14-19-6-4-5-7-21(19)18-10-8-17(2)9-11-18/h4-11,16,20H,3,12-15H2,1-2H3,(H,25,26,27). The zero-order chi connectivity index (χ0) is 21.8. The van der Waals surface area contributed by atoms with E-state index in [-0.39, 0.29) is 23.6 Å². The second-order valence-corrected chi connectivity index (χ2v) is 7.93. The lowest BCUT2D eigenvalue weighted by Crippen LogP contribution is -2.38. The number of aryl methyl sites for hydroxylation is 1. The molecule has 4 rings (SSSR count). The van der Waals surface area contributed by atoms with Gasteiger partial charge in [0.15, 0.2) is 0 Å². The Morgan fingerprint density at radius 1 is 1.13 bits per heavy atom. The van der Waals surface area contributed by atoms with Crippen LogP contribution in [0.3, 0.4) is 0 Å². The lowest BCUT2D eigenvalue weighted by Gasteiger charge is -2.24. The molecule has 160 valence electrons. The first kappa shape index (κ1) is 20.8. The highest BCUT2D eigenvalue weighted by Crippen LogP contribution is 2.27. The van der Waals surface area contributed by atoms with Crippen molar-refractivity contribution in [2.24, 2.45) is 5.92 Å². The maximum Gasteiger partial charge on any atom is 0.291 e. The number of H-pyrrole nitrogens is 1. The third-order valence-corrected chi connectivity index (χ3v) is 5.87. The molecule has 0 spiro atoms. The molecule has 0 bridgehead atoms. The fourth-order valence-corrected chi connectivity index (χ4v) is 4.13. The maximum atomic E-state index is 13.3. The summed E-state index contributed by atoms with van der Waals surface area (Å²) in [5, 5.41) is 6.42. The molecule has 1 aliphatic heterocycles. The highest BCUT2D eigenvalue weighted by molar-refractivity contribution is 5.91. The van der Waals surface area contributed by atoms with E-state index in [0.29, 0.717) is 32.6 Å². The van der Waals surface area contributed by atoms with Gasteiger partial charge in [-0.3, -0.25) is 14.7 Å². The lowest BCUT2D eigenvalue weighted by atomic mass is 9.91. The topological polar surface area (TPSA) is 82.2 Å². The first-order valence-corrected chi connectivity index (χ1v) is 10.6. The monoisotopic (exact) mass is 417 g/mol. The second kappa shape index (κ2) is 9.12. The van der Waals surface area contributed by atoms with Crippen LogP contribution in [0.5, 0.6) is 0 Å². The van der Waals surface area contributed by atoms with Gasteiger partial charge in [-0.25, -0.2) is 4.98 Å². The summed E-state index contributed by atoms with van der Waals surface area (Å²) in [6, 6.07) is 16.6. The van der Waals surface area contributed by atoms with Gasteiger partial charge in [0.2, 0.25) is 11.7 Å². The van der Waals surface area contributed by atoms with Gasteiger partial charge in [0, 0.05) is 26.2 Å². The lowest BCUT2D eigenvalue weighted by molar-refractivity contribution is -0.134. The first-order chi connectivity index (χ1) is 15.1. The van der Waals surface area contributed by atoms with Gasteiger partial charge in [-0.2, -0.15) is 5.10 Å². The Kier molecular flexibility index (Phi) is 6.11. The number of carbonyl (C=O) groups excluding carboxylic acids is 2. The number of nitrogens with one attached hydrogen (secondary N) is 1. The van der Waals surface area contributed by atoms with E-state index < -0.39 is 0 Å². The van der Waals surface area contributed by atoms with Crippen LogP contribution in [-0.4, -0.2) is 63.0 Å². The second-order valence-electron chi connectivity index (χ2n) is 7.93. The Morgan fingerprint density at radius 2 is 1.90 bits per heavy atom. The fraction of sp³-hybridized carbons (Fsp3) is 0.333. The normalized spacial score (nSPS) is 17.0. The highest BCUT2D eigenvalue weighted by Gasteiger charge is 2.33. The molecule has 7 heteroatoms. The Balaban J connectivity index is 1.63. The van der Waals surface area contributed by atoms with E-state index in [4.69, 9.17) is 0 Å². The summed E-state index contributed by atoms with van der Waals surface area (Å²) in [4.78, 5) is 33.7. The quantitative estimate of drug-likeness (QED) is 0.692. The number of rotatable bonds is 5. The summed E-state index contributed by atoms with van der Waals surface area (Å²) in [7, 11) is 0. The minimum absolute atomic E-state index is 0.0917. The third kappa shape index (κ3) is 4.50. The van der Waals surface area contributed by atoms with E-state index in [9.17, 15) is 9.59 Å². The van der Waals surface area contributed by atoms with Gasteiger partial charge < -0.3 is 9.80 Å². The van der Waals surface area contributed by atoms with Crippen molar-refractivity contribution in [1.29, 1.82) is 0 Å². The number of hydrogen-bond acceptors (Lipinski definition) is 4. The van der Waals surface area contributed by atoms with E-state index in [1.165, 1.54) is 11.9 Å². The number of carbonyl (C=O) groups is 2. The molecular formula is C24H27N5O2. The molecule has 2 heterocycles. The smallest absolute Gasteiger partial charge is 0.291 e. The summed E-state index contributed by atoms with van der Waals surface area (Å²) < 4.78 is 0. The summed E-state index contributed by atoms with van der Waals surface area (Å²) in [6.45, 7) is 6.03. The average molecular weight is 418 g/mol. The van der Waals surface area contributed by atoms with Crippen molar-refractivity contribution in [2.45, 2.75) is 20.3 Å². The van der Waals surface area contributed by atoms with Crippen LogP contribution in [0.25, 0.3) is 11.1 Å². The van der Waals surface area contributed by atoms with Gasteiger partial charge in [-0.05, 0) is 37.0 Å². The Hall–Kier alpha value is -3.48. The predicted molar refractivity (Wildman–Crippen MR) is 118 cm³/mol. The zero-order valence-electron chi connectivity index (χ0n) is 17.9. The highest BCUT2D eigenvalue weighted by atomic mass is 16.2. The summed E-state index contributed by atoms with van der Waals surface area (Å²) in [5.41, 5.74) is 4.56. The number of likely N-dealkylation sites (N-methyl/N-ethyl adjacent to an activating group) is 1. The van der Waals surface area contributed by atoms with Crippen molar-refractivity contribution < 1.29 is 9.59 Å². The Morgan fingerprint density at radius 3 is 2.61 bits per heavy atom. The van der Waals surface area contributed by atoms with Crippen molar-refractivity contribution in [1.82, 2.24) is 25.0 Å². The van der Waals surface area contributed by atoms with Crippen LogP contribution in [-0.2, 0) is 11.2 Å². The Labute approximate surface area is 182 Å². The summed E-state index contributed by atoms with van der Waals surface area (Å²) >= 11 is 0. The number of hydrogen-bond donors (Lipinski definition) is 1. The predicted octanol–water partition coefficient (Wildman–Crippen LogP) is 2.94. The molecule has 2 amide bonds. The summed E-state index contributed by atoms with van der Waals surface area (Å²) in [5.74, 6) is -0.244. The van der Waals surface area contributed by atoms with Gasteiger partial charge in [0.05, 0.1) is 5.92 Å². The molecule has 1 N–H and O–H groups in total. The van der Waals surface area contributed by atoms with Crippen molar-refractivity contribution >= 4 is 11.8 Å². The van der Waals surface area contributed by atoms with E-state index in [1.807, 2.05) is 24.0 Å². The minimum Gasteiger partial charge on any atom is -0.341 e. The number of nitrogens with zero attached hydrogens (tertiary/aromatic N) is 4. The molecule has 1 aromatic heterocycles. The van der Waals surface area contributed by atoms with Gasteiger partial charge in [-0.15, -0.1) is 0 Å². The van der Waals surface area contributed by atoms with E-state index in [1.54, 1.807) is 4.90 Å². The molecule has 1 unspecified atom stereocenters. The van der Waals surface area contributed by atoms with Crippen LogP contribution >= 0.6 is 0 Å². The van der Waals surface area contributed by atoms with E-state index >= 15 is 0 Å². The largest absolute Gasteiger partial charge is 0.341 e. The summed E-state index contributed by atoms with van der Waals surface area (Å²) in [6.07, 6.45) is 1.89. The van der Waals surface area contributed by atoms with E-state index in [2.05, 4.69) is 58.5 Å². The van der Waals surface area contributed by atoms with Crippen molar-refractivity contribution in [3.63, 3.8) is 0 Å². The number of aromatic nitrogens is 3. The minimum atomic E-state index is -0.319. The first-order valence-electron chi connectivity index (χ1n) is 10.6. The van der Waals surface area contributed by atoms with Crippen molar-refractivity contribution in [3.05, 3.63) is 71.8 Å². The molecule has 0 aliphatic carbocycles. The molecule has 1 saturated heterocycles. The van der Waals surface area contributed by atoms with Crippen LogP contribution < -0.4 is 0 Å². The number of amides is 2. The fourth-order valence-electron chi connectivity index (χ4n) is 4.13. The third-order valence-electron chi connectivity index (χ3n) is 5.87. The SMILES string of the molecule is CCN1CCN(C(=O)c2ncn[nH]2)CC(Cc2ccccc2-c2ccc(C)cc2)C1=O. The molecular weight excluding hydrogens is 390 g/mol. The molecule has 1 atom stereocenters. The van der Waals surface area contributed by atoms with Gasteiger partial charge in [-0.1, -0.05) is 54.1 Å². The van der Waals surface area contributed by atoms with Gasteiger partial charge >= 0.3 is 0 Å². The van der Waals surface area contributed by atoms with Crippen LogP contribution in [0.4, 0.5) is 0 Å². The molecule has 31 heavy (non-hydrogen) atoms. The Bertz CT molecular complexity index is 1050. The number of aromatic amines is 1.